The summed E-state index contributed by atoms with van der Waals surface area (Å²) in [6, 6.07) is 18.8. The van der Waals surface area contributed by atoms with Crippen molar-refractivity contribution in [2.75, 3.05) is 26.5 Å². The Labute approximate surface area is 198 Å². The second-order valence-corrected chi connectivity index (χ2v) is 15.1. The van der Waals surface area contributed by atoms with E-state index in [2.05, 4.69) is 49.7 Å². The molecule has 0 spiro atoms. The Kier molecular flexibility index (Phi) is 10.1. The Bertz CT molecular complexity index is 894. The Morgan fingerprint density at radius 3 is 2.03 bits per heavy atom. The topological polar surface area (TPSA) is 72.8 Å². The average molecular weight is 475 g/mol. The molecular weight excluding hydrogens is 435 g/mol. The van der Waals surface area contributed by atoms with Crippen molar-refractivity contribution in [2.24, 2.45) is 11.3 Å². The van der Waals surface area contributed by atoms with E-state index in [1.807, 2.05) is 25.1 Å². The maximum absolute atomic E-state index is 12.6. The summed E-state index contributed by atoms with van der Waals surface area (Å²) < 4.78 is 10.7. The van der Waals surface area contributed by atoms with Crippen molar-refractivity contribution >= 4 is 19.2 Å². The van der Waals surface area contributed by atoms with Crippen molar-refractivity contribution in [3.63, 3.8) is 0 Å². The monoisotopic (exact) mass is 474 g/mol. The molecular formula is C27H39O5P. The number of ether oxygens (including phenoxy) is 2. The van der Waals surface area contributed by atoms with E-state index in [9.17, 15) is 14.7 Å². The molecule has 5 nitrogen and oxygen atoms in total. The number of benzene rings is 2. The zero-order chi connectivity index (χ0) is 24.5. The molecule has 2 aromatic rings. The number of carbonyl (C=O) groups is 2. The van der Waals surface area contributed by atoms with Crippen LogP contribution in [-0.4, -0.2) is 43.6 Å². The van der Waals surface area contributed by atoms with Gasteiger partial charge in [0.15, 0.2) is 0 Å². The van der Waals surface area contributed by atoms with Crippen LogP contribution in [0, 0.1) is 11.3 Å². The fourth-order valence-electron chi connectivity index (χ4n) is 3.55. The van der Waals surface area contributed by atoms with Gasteiger partial charge in [0.2, 0.25) is 0 Å². The van der Waals surface area contributed by atoms with Crippen molar-refractivity contribution in [1.82, 2.24) is 0 Å². The third kappa shape index (κ3) is 8.57. The number of hydrogen-bond donors (Lipinski definition) is 1. The van der Waals surface area contributed by atoms with Crippen molar-refractivity contribution in [3.05, 3.63) is 71.3 Å². The summed E-state index contributed by atoms with van der Waals surface area (Å²) >= 11 is 0. The second kappa shape index (κ2) is 12.3. The van der Waals surface area contributed by atoms with Crippen LogP contribution < -0.4 is 0 Å². The molecule has 0 radical (unpaired) electrons. The number of carbonyl (C=O) groups excluding carboxylic acids is 2. The molecule has 2 unspecified atom stereocenters. The number of aliphatic hydroxyl groups excluding tert-OH is 1. The molecule has 0 saturated heterocycles. The summed E-state index contributed by atoms with van der Waals surface area (Å²) in [5.74, 6) is -1.20. The van der Waals surface area contributed by atoms with Crippen LogP contribution in [0.15, 0.2) is 54.6 Å². The minimum atomic E-state index is -1.45. The first-order chi connectivity index (χ1) is 15.6. The summed E-state index contributed by atoms with van der Waals surface area (Å²) in [4.78, 5) is 24.5. The van der Waals surface area contributed by atoms with Gasteiger partial charge in [-0.3, -0.25) is 4.79 Å². The van der Waals surface area contributed by atoms with Crippen LogP contribution >= 0.6 is 7.26 Å². The van der Waals surface area contributed by atoms with Crippen molar-refractivity contribution < 1.29 is 24.2 Å². The predicted octanol–water partition coefficient (Wildman–Crippen LogP) is 5.03. The molecule has 0 aliphatic rings. The SMILES string of the molecule is CCC(C)C(=O)OCC(C)(CO)C(=O)OCc1ccc(C[PH](C)(C)Cc2ccccc2)cc1. The van der Waals surface area contributed by atoms with E-state index in [-0.39, 0.29) is 25.1 Å². The quantitative estimate of drug-likeness (QED) is 0.345. The molecule has 33 heavy (non-hydrogen) atoms. The maximum atomic E-state index is 12.6. The van der Waals surface area contributed by atoms with Crippen LogP contribution in [0.25, 0.3) is 0 Å². The summed E-state index contributed by atoms with van der Waals surface area (Å²) in [5, 5.41) is 9.72. The van der Waals surface area contributed by atoms with Crippen LogP contribution in [0.1, 0.15) is 43.9 Å². The van der Waals surface area contributed by atoms with Gasteiger partial charge in [-0.25, -0.2) is 0 Å². The van der Waals surface area contributed by atoms with Crippen LogP contribution in [0.3, 0.4) is 0 Å². The van der Waals surface area contributed by atoms with Gasteiger partial charge in [-0.15, -0.1) is 0 Å². The second-order valence-electron chi connectivity index (χ2n) is 10.0. The molecule has 2 aromatic carbocycles. The van der Waals surface area contributed by atoms with Gasteiger partial charge in [0.05, 0.1) is 5.92 Å². The fraction of sp³-hybridized carbons (Fsp3) is 0.481. The first-order valence-electron chi connectivity index (χ1n) is 11.6. The number of aliphatic hydroxyl groups is 1. The standard InChI is InChI=1S/C27H39O5P/c1-6-21(2)25(29)32-20-27(3,19-28)26(30)31-16-22-12-14-24(15-13-22)18-33(4,5)17-23-10-8-7-9-11-23/h7-15,21,28,33H,6,16-20H2,1-5H3. The molecule has 0 bridgehead atoms. The van der Waals surface area contributed by atoms with E-state index >= 15 is 0 Å². The number of esters is 2. The molecule has 0 fully saturated rings. The third-order valence-electron chi connectivity index (χ3n) is 5.99. The minimum absolute atomic E-state index is 0.110. The van der Waals surface area contributed by atoms with Gasteiger partial charge in [-0.1, -0.05) is 13.8 Å². The molecule has 182 valence electrons. The number of rotatable bonds is 12. The summed E-state index contributed by atoms with van der Waals surface area (Å²) in [5.41, 5.74) is 2.27. The normalized spacial score (nSPS) is 14.7. The van der Waals surface area contributed by atoms with E-state index in [0.717, 1.165) is 17.9 Å². The molecule has 1 N–H and O–H groups in total. The Morgan fingerprint density at radius 1 is 0.939 bits per heavy atom. The van der Waals surface area contributed by atoms with Gasteiger partial charge >= 0.3 is 168 Å². The number of hydrogen-bond acceptors (Lipinski definition) is 5. The van der Waals surface area contributed by atoms with Crippen molar-refractivity contribution in [1.29, 1.82) is 0 Å². The van der Waals surface area contributed by atoms with Crippen LogP contribution in [0.2, 0.25) is 0 Å². The molecule has 0 amide bonds. The zero-order valence-corrected chi connectivity index (χ0v) is 21.6. The van der Waals surface area contributed by atoms with Gasteiger partial charge in [0, 0.05) is 0 Å². The van der Waals surface area contributed by atoms with E-state index in [0.29, 0.717) is 6.42 Å². The molecule has 0 aromatic heterocycles. The van der Waals surface area contributed by atoms with Crippen LogP contribution in [0.4, 0.5) is 0 Å². The Balaban J connectivity index is 1.89. The van der Waals surface area contributed by atoms with E-state index in [1.54, 1.807) is 13.8 Å². The van der Waals surface area contributed by atoms with Gasteiger partial charge in [-0.05, 0) is 6.42 Å². The Hall–Kier alpha value is -2.23. The molecule has 6 heteroatoms. The van der Waals surface area contributed by atoms with Crippen LogP contribution in [-0.2, 0) is 38.0 Å². The van der Waals surface area contributed by atoms with Crippen LogP contribution in [0.5, 0.6) is 0 Å². The van der Waals surface area contributed by atoms with E-state index in [1.165, 1.54) is 11.1 Å². The molecule has 0 saturated carbocycles. The third-order valence-corrected chi connectivity index (χ3v) is 8.72. The van der Waals surface area contributed by atoms with Gasteiger partial charge < -0.3 is 0 Å². The predicted molar refractivity (Wildman–Crippen MR) is 136 cm³/mol. The average Bonchev–Trinajstić information content (AvgIpc) is 2.81. The van der Waals surface area contributed by atoms with Gasteiger partial charge in [0.1, 0.15) is 0 Å². The molecule has 2 atom stereocenters. The Morgan fingerprint density at radius 2 is 1.48 bits per heavy atom. The first-order valence-corrected chi connectivity index (χ1v) is 15.1. The molecule has 0 aliphatic heterocycles. The first kappa shape index (κ1) is 27.0. The zero-order valence-electron chi connectivity index (χ0n) is 20.6. The van der Waals surface area contributed by atoms with E-state index in [4.69, 9.17) is 9.47 Å². The molecule has 0 heterocycles. The van der Waals surface area contributed by atoms with Crippen molar-refractivity contribution in [3.8, 4) is 0 Å². The summed E-state index contributed by atoms with van der Waals surface area (Å²) in [7, 11) is -1.45. The molecule has 0 aliphatic carbocycles. The van der Waals surface area contributed by atoms with Crippen molar-refractivity contribution in [2.45, 2.75) is 46.1 Å². The summed E-state index contributed by atoms with van der Waals surface area (Å²) in [6.07, 6.45) is 2.86. The van der Waals surface area contributed by atoms with Gasteiger partial charge in [0.25, 0.3) is 0 Å². The van der Waals surface area contributed by atoms with E-state index < -0.39 is 25.3 Å². The van der Waals surface area contributed by atoms with Gasteiger partial charge in [-0.2, -0.15) is 0 Å². The fourth-order valence-corrected chi connectivity index (χ4v) is 6.36. The molecule has 2 rings (SSSR count). The summed E-state index contributed by atoms with van der Waals surface area (Å²) in [6.45, 7) is 9.46.